The van der Waals surface area contributed by atoms with Crippen molar-refractivity contribution in [2.45, 2.75) is 19.4 Å². The van der Waals surface area contributed by atoms with Crippen molar-refractivity contribution in [1.82, 2.24) is 0 Å². The van der Waals surface area contributed by atoms with Gasteiger partial charge in [-0.05, 0) is 12.0 Å². The number of hydrogen-bond donors (Lipinski definition) is 1. The fourth-order valence-corrected chi connectivity index (χ4v) is 0.979. The van der Waals surface area contributed by atoms with Crippen LogP contribution in [0, 0.1) is 0 Å². The van der Waals surface area contributed by atoms with Gasteiger partial charge in [0.1, 0.15) is 7.85 Å². The third-order valence-electron chi connectivity index (χ3n) is 1.80. The van der Waals surface area contributed by atoms with Gasteiger partial charge in [0.05, 0.1) is 0 Å². The first-order valence-electron chi connectivity index (χ1n) is 3.85. The van der Waals surface area contributed by atoms with E-state index in [0.29, 0.717) is 0 Å². The Kier molecular flexibility index (Phi) is 2.72. The number of rotatable bonds is 2. The van der Waals surface area contributed by atoms with Gasteiger partial charge in [-0.15, -0.1) is 0 Å². The monoisotopic (exact) mass is 145 g/mol. The summed E-state index contributed by atoms with van der Waals surface area (Å²) in [5.74, 6) is 0. The van der Waals surface area contributed by atoms with Crippen LogP contribution in [0.1, 0.15) is 24.9 Å². The predicted octanol–water partition coefficient (Wildman–Crippen LogP) is 0.890. The first kappa shape index (κ1) is 8.34. The van der Waals surface area contributed by atoms with Gasteiger partial charge in [-0.3, -0.25) is 0 Å². The molecule has 0 aliphatic rings. The maximum Gasteiger partial charge on any atom is 0.113 e. The van der Waals surface area contributed by atoms with Crippen LogP contribution in [-0.4, -0.2) is 7.85 Å². The highest BCUT2D eigenvalue weighted by atomic mass is 14.6. The van der Waals surface area contributed by atoms with Crippen molar-refractivity contribution in [3.8, 4) is 0 Å². The smallest absolute Gasteiger partial charge is 0.113 e. The highest BCUT2D eigenvalue weighted by Crippen LogP contribution is 2.10. The summed E-state index contributed by atoms with van der Waals surface area (Å²) in [7, 11) is 5.53. The minimum absolute atomic E-state index is 0.149. The van der Waals surface area contributed by atoms with E-state index in [1.807, 2.05) is 24.3 Å². The van der Waals surface area contributed by atoms with E-state index in [1.165, 1.54) is 0 Å². The standard InChI is InChI=1S/C9H12BN/c1-2-9(11)7-3-5-8(10)6-4-7/h3-6,9H,2,11H2,1H3. The van der Waals surface area contributed by atoms with E-state index >= 15 is 0 Å². The molecule has 1 aromatic rings. The lowest BCUT2D eigenvalue weighted by atomic mass is 9.93. The molecule has 1 atom stereocenters. The summed E-state index contributed by atoms with van der Waals surface area (Å²) in [5, 5.41) is 0. The molecule has 1 unspecified atom stereocenters. The van der Waals surface area contributed by atoms with Crippen LogP contribution < -0.4 is 11.2 Å². The zero-order valence-corrected chi connectivity index (χ0v) is 6.75. The molecular formula is C9H12BN. The van der Waals surface area contributed by atoms with Crippen LogP contribution in [-0.2, 0) is 0 Å². The minimum atomic E-state index is 0.149. The maximum atomic E-state index is 5.80. The molecule has 0 amide bonds. The quantitative estimate of drug-likeness (QED) is 0.614. The number of nitrogens with two attached hydrogens (primary N) is 1. The first-order valence-corrected chi connectivity index (χ1v) is 3.85. The normalized spacial score (nSPS) is 12.9. The summed E-state index contributed by atoms with van der Waals surface area (Å²) in [6.07, 6.45) is 0.962. The van der Waals surface area contributed by atoms with Crippen LogP contribution in [0.3, 0.4) is 0 Å². The van der Waals surface area contributed by atoms with Crippen LogP contribution in [0.2, 0.25) is 0 Å². The predicted molar refractivity (Wildman–Crippen MR) is 49.0 cm³/mol. The molecule has 0 aromatic heterocycles. The summed E-state index contributed by atoms with van der Waals surface area (Å²) in [4.78, 5) is 0. The van der Waals surface area contributed by atoms with E-state index in [4.69, 9.17) is 13.6 Å². The van der Waals surface area contributed by atoms with Crippen LogP contribution in [0.15, 0.2) is 24.3 Å². The summed E-state index contributed by atoms with van der Waals surface area (Å²) < 4.78 is 0. The Hall–Kier alpha value is -0.755. The molecule has 0 bridgehead atoms. The lowest BCUT2D eigenvalue weighted by Crippen LogP contribution is -2.10. The largest absolute Gasteiger partial charge is 0.324 e. The number of hydrogen-bond acceptors (Lipinski definition) is 1. The van der Waals surface area contributed by atoms with Crippen LogP contribution in [0.25, 0.3) is 0 Å². The van der Waals surface area contributed by atoms with Gasteiger partial charge >= 0.3 is 0 Å². The van der Waals surface area contributed by atoms with Crippen LogP contribution >= 0.6 is 0 Å². The molecule has 11 heavy (non-hydrogen) atoms. The second-order valence-corrected chi connectivity index (χ2v) is 2.68. The maximum absolute atomic E-state index is 5.80. The summed E-state index contributed by atoms with van der Waals surface area (Å²) in [5.41, 5.74) is 7.75. The Morgan fingerprint density at radius 1 is 1.36 bits per heavy atom. The fourth-order valence-electron chi connectivity index (χ4n) is 0.979. The molecule has 0 spiro atoms. The molecule has 2 radical (unpaired) electrons. The SMILES string of the molecule is [B]c1ccc(C(N)CC)cc1. The lowest BCUT2D eigenvalue weighted by molar-refractivity contribution is 0.699. The third-order valence-corrected chi connectivity index (χ3v) is 1.80. The molecule has 1 aromatic carbocycles. The van der Waals surface area contributed by atoms with E-state index in [2.05, 4.69) is 6.92 Å². The molecule has 0 saturated heterocycles. The van der Waals surface area contributed by atoms with Crippen molar-refractivity contribution in [1.29, 1.82) is 0 Å². The molecular weight excluding hydrogens is 133 g/mol. The fraction of sp³-hybridized carbons (Fsp3) is 0.333. The Balaban J connectivity index is 2.81. The average molecular weight is 145 g/mol. The van der Waals surface area contributed by atoms with Gasteiger partial charge in [0.25, 0.3) is 0 Å². The Morgan fingerprint density at radius 2 is 1.91 bits per heavy atom. The second-order valence-electron chi connectivity index (χ2n) is 2.68. The van der Waals surface area contributed by atoms with E-state index in [0.717, 1.165) is 17.4 Å². The van der Waals surface area contributed by atoms with Crippen molar-refractivity contribution < 1.29 is 0 Å². The zero-order valence-electron chi connectivity index (χ0n) is 6.75. The first-order chi connectivity index (χ1) is 5.24. The third kappa shape index (κ3) is 2.09. The molecule has 0 saturated carbocycles. The van der Waals surface area contributed by atoms with Gasteiger partial charge in [0, 0.05) is 6.04 Å². The lowest BCUT2D eigenvalue weighted by Gasteiger charge is -2.08. The molecule has 0 fully saturated rings. The van der Waals surface area contributed by atoms with Crippen LogP contribution in [0.4, 0.5) is 0 Å². The van der Waals surface area contributed by atoms with E-state index < -0.39 is 0 Å². The highest BCUT2D eigenvalue weighted by Gasteiger charge is 2.00. The van der Waals surface area contributed by atoms with Crippen LogP contribution in [0.5, 0.6) is 0 Å². The molecule has 1 nitrogen and oxygen atoms in total. The zero-order chi connectivity index (χ0) is 8.27. The van der Waals surface area contributed by atoms with Crippen molar-refractivity contribution in [2.75, 3.05) is 0 Å². The van der Waals surface area contributed by atoms with Gasteiger partial charge in [0.2, 0.25) is 0 Å². The van der Waals surface area contributed by atoms with E-state index in [-0.39, 0.29) is 6.04 Å². The summed E-state index contributed by atoms with van der Waals surface area (Å²) in [6, 6.07) is 7.86. The average Bonchev–Trinajstić information content (AvgIpc) is 2.05. The Morgan fingerprint density at radius 3 is 2.36 bits per heavy atom. The molecule has 1 rings (SSSR count). The van der Waals surface area contributed by atoms with E-state index in [9.17, 15) is 0 Å². The Labute approximate surface area is 69.0 Å². The van der Waals surface area contributed by atoms with Crippen molar-refractivity contribution in [3.63, 3.8) is 0 Å². The topological polar surface area (TPSA) is 26.0 Å². The Bertz CT molecular complexity index is 218. The van der Waals surface area contributed by atoms with Crippen molar-refractivity contribution in [3.05, 3.63) is 29.8 Å². The molecule has 0 heterocycles. The van der Waals surface area contributed by atoms with E-state index in [1.54, 1.807) is 0 Å². The van der Waals surface area contributed by atoms with Gasteiger partial charge in [0.15, 0.2) is 0 Å². The second kappa shape index (κ2) is 3.58. The summed E-state index contributed by atoms with van der Waals surface area (Å²) in [6.45, 7) is 2.07. The minimum Gasteiger partial charge on any atom is -0.324 e. The molecule has 2 heteroatoms. The highest BCUT2D eigenvalue weighted by molar-refractivity contribution is 6.32. The van der Waals surface area contributed by atoms with Gasteiger partial charge in [-0.25, -0.2) is 0 Å². The number of benzene rings is 1. The summed E-state index contributed by atoms with van der Waals surface area (Å²) >= 11 is 0. The molecule has 56 valence electrons. The molecule has 2 N–H and O–H groups in total. The van der Waals surface area contributed by atoms with Gasteiger partial charge < -0.3 is 5.73 Å². The molecule has 0 aliphatic carbocycles. The van der Waals surface area contributed by atoms with Crippen molar-refractivity contribution in [2.24, 2.45) is 5.73 Å². The van der Waals surface area contributed by atoms with Gasteiger partial charge in [-0.2, -0.15) is 0 Å². The van der Waals surface area contributed by atoms with Gasteiger partial charge in [-0.1, -0.05) is 36.7 Å². The molecule has 0 aliphatic heterocycles. The van der Waals surface area contributed by atoms with Crippen molar-refractivity contribution >= 4 is 13.3 Å².